The molecule has 166 valence electrons. The van der Waals surface area contributed by atoms with Gasteiger partial charge in [-0.1, -0.05) is 0 Å². The number of ether oxygens (including phenoxy) is 1. The first-order valence-corrected chi connectivity index (χ1v) is 10.2. The Labute approximate surface area is 189 Å². The zero-order chi connectivity index (χ0) is 23.5. The van der Waals surface area contributed by atoms with E-state index in [1.54, 1.807) is 56.3 Å². The van der Waals surface area contributed by atoms with Crippen LogP contribution in [0, 0.1) is 10.1 Å². The molecule has 3 aromatic rings. The van der Waals surface area contributed by atoms with Crippen LogP contribution in [0.2, 0.25) is 0 Å². The van der Waals surface area contributed by atoms with Gasteiger partial charge in [-0.3, -0.25) is 14.9 Å². The Hall–Kier alpha value is -4.53. The highest BCUT2D eigenvalue weighted by atomic mass is 16.6. The summed E-state index contributed by atoms with van der Waals surface area (Å²) in [5, 5.41) is 16.6. The Kier molecular flexibility index (Phi) is 5.86. The number of benzene rings is 2. The molecule has 9 nitrogen and oxygen atoms in total. The first-order valence-electron chi connectivity index (χ1n) is 10.2. The number of carbonyl (C=O) groups excluding carboxylic acids is 2. The maximum absolute atomic E-state index is 13.1. The molecule has 4 rings (SSSR count). The molecule has 2 heterocycles. The van der Waals surface area contributed by atoms with Crippen LogP contribution in [0.1, 0.15) is 29.9 Å². The minimum atomic E-state index is -0.451. The van der Waals surface area contributed by atoms with Gasteiger partial charge in [-0.05, 0) is 68.5 Å². The largest absolute Gasteiger partial charge is 0.462 e. The molecule has 0 saturated heterocycles. The van der Waals surface area contributed by atoms with Crippen molar-refractivity contribution in [3.05, 3.63) is 93.8 Å². The van der Waals surface area contributed by atoms with Gasteiger partial charge in [0.15, 0.2) is 0 Å². The number of hydrazone groups is 1. The number of esters is 1. The number of hydrogen-bond acceptors (Lipinski definition) is 6. The molecule has 0 bridgehead atoms. The van der Waals surface area contributed by atoms with E-state index in [4.69, 9.17) is 4.74 Å². The number of carbonyl (C=O) groups is 2. The molecule has 1 aliphatic heterocycles. The van der Waals surface area contributed by atoms with E-state index >= 15 is 0 Å². The first kappa shape index (κ1) is 21.7. The summed E-state index contributed by atoms with van der Waals surface area (Å²) < 4.78 is 6.81. The highest BCUT2D eigenvalue weighted by molar-refractivity contribution is 6.32. The molecule has 1 aromatic heterocycles. The van der Waals surface area contributed by atoms with Gasteiger partial charge in [0.25, 0.3) is 11.6 Å². The summed E-state index contributed by atoms with van der Waals surface area (Å²) in [6.45, 7) is 3.76. The molecule has 0 saturated carbocycles. The van der Waals surface area contributed by atoms with E-state index < -0.39 is 10.9 Å². The number of non-ortho nitro benzene ring substituents is 1. The van der Waals surface area contributed by atoms with Crippen molar-refractivity contribution in [2.75, 3.05) is 11.6 Å². The number of hydrogen-bond donors (Lipinski definition) is 0. The van der Waals surface area contributed by atoms with E-state index in [0.29, 0.717) is 22.5 Å². The van der Waals surface area contributed by atoms with Crippen molar-refractivity contribution < 1.29 is 19.2 Å². The van der Waals surface area contributed by atoms with Crippen LogP contribution in [-0.4, -0.2) is 33.7 Å². The highest BCUT2D eigenvalue weighted by Gasteiger charge is 2.29. The van der Waals surface area contributed by atoms with Crippen molar-refractivity contribution in [2.24, 2.45) is 5.10 Å². The fraction of sp³-hybridized carbons (Fsp3) is 0.125. The number of nitro groups is 1. The number of rotatable bonds is 6. The molecule has 1 amide bonds. The van der Waals surface area contributed by atoms with Crippen LogP contribution in [0.4, 0.5) is 11.4 Å². The minimum Gasteiger partial charge on any atom is -0.462 e. The lowest BCUT2D eigenvalue weighted by molar-refractivity contribution is -0.384. The van der Waals surface area contributed by atoms with E-state index in [0.717, 1.165) is 11.4 Å². The maximum Gasteiger partial charge on any atom is 0.338 e. The van der Waals surface area contributed by atoms with Crippen LogP contribution in [0.5, 0.6) is 0 Å². The Morgan fingerprint density at radius 2 is 1.76 bits per heavy atom. The molecule has 0 unspecified atom stereocenters. The second-order valence-corrected chi connectivity index (χ2v) is 7.20. The summed E-state index contributed by atoms with van der Waals surface area (Å²) >= 11 is 0. The zero-order valence-electron chi connectivity index (χ0n) is 18.0. The zero-order valence-corrected chi connectivity index (χ0v) is 18.0. The standard InChI is InChI=1S/C24H20N4O5/c1-3-33-24(30)17-6-8-19(9-7-17)27-23(29)22(16(2)25-27)15-21-5-4-14-26(21)18-10-12-20(13-11-18)28(31)32/h4-15H,3H2,1-2H3. The Morgan fingerprint density at radius 1 is 1.09 bits per heavy atom. The van der Waals surface area contributed by atoms with Gasteiger partial charge in [-0.2, -0.15) is 10.1 Å². The topological polar surface area (TPSA) is 107 Å². The Morgan fingerprint density at radius 3 is 2.39 bits per heavy atom. The Balaban J connectivity index is 1.59. The molecule has 0 aliphatic carbocycles. The fourth-order valence-electron chi connectivity index (χ4n) is 3.44. The SMILES string of the molecule is CCOC(=O)c1ccc(N2N=C(C)C(=Cc3cccn3-c3ccc([N+](=O)[O-])cc3)C2=O)cc1. The third-order valence-corrected chi connectivity index (χ3v) is 5.10. The number of amides is 1. The molecule has 0 radical (unpaired) electrons. The molecule has 0 atom stereocenters. The van der Waals surface area contributed by atoms with E-state index in [-0.39, 0.29) is 18.2 Å². The van der Waals surface area contributed by atoms with Crippen molar-refractivity contribution in [2.45, 2.75) is 13.8 Å². The molecule has 0 spiro atoms. The lowest BCUT2D eigenvalue weighted by atomic mass is 10.1. The molecule has 33 heavy (non-hydrogen) atoms. The van der Waals surface area contributed by atoms with Crippen molar-refractivity contribution in [1.82, 2.24) is 4.57 Å². The van der Waals surface area contributed by atoms with Crippen LogP contribution in [-0.2, 0) is 9.53 Å². The lowest BCUT2D eigenvalue weighted by Crippen LogP contribution is -2.21. The van der Waals surface area contributed by atoms with Gasteiger partial charge < -0.3 is 9.30 Å². The van der Waals surface area contributed by atoms with Gasteiger partial charge in [0, 0.05) is 29.7 Å². The fourth-order valence-corrected chi connectivity index (χ4v) is 3.44. The third-order valence-electron chi connectivity index (χ3n) is 5.10. The average molecular weight is 444 g/mol. The van der Waals surface area contributed by atoms with Gasteiger partial charge in [0.05, 0.1) is 34.1 Å². The number of anilines is 1. The van der Waals surface area contributed by atoms with Crippen molar-refractivity contribution in [3.8, 4) is 5.69 Å². The van der Waals surface area contributed by atoms with Gasteiger partial charge >= 0.3 is 5.97 Å². The van der Waals surface area contributed by atoms with E-state index in [1.165, 1.54) is 17.1 Å². The van der Waals surface area contributed by atoms with Crippen LogP contribution in [0.15, 0.2) is 77.5 Å². The second kappa shape index (κ2) is 8.91. The monoisotopic (exact) mass is 444 g/mol. The van der Waals surface area contributed by atoms with E-state index in [1.807, 2.05) is 22.9 Å². The summed E-state index contributed by atoms with van der Waals surface area (Å²) in [5.41, 5.74) is 3.35. The summed E-state index contributed by atoms with van der Waals surface area (Å²) in [6, 6.07) is 16.3. The summed E-state index contributed by atoms with van der Waals surface area (Å²) in [5.74, 6) is -0.725. The smallest absolute Gasteiger partial charge is 0.338 e. The normalized spacial score (nSPS) is 14.5. The molecule has 2 aromatic carbocycles. The van der Waals surface area contributed by atoms with E-state index in [2.05, 4.69) is 5.10 Å². The minimum absolute atomic E-state index is 0.00405. The molecular weight excluding hydrogens is 424 g/mol. The molecule has 1 aliphatic rings. The van der Waals surface area contributed by atoms with Gasteiger partial charge in [0.1, 0.15) is 0 Å². The van der Waals surface area contributed by atoms with Crippen LogP contribution >= 0.6 is 0 Å². The Bertz CT molecular complexity index is 1290. The summed E-state index contributed by atoms with van der Waals surface area (Å²) in [7, 11) is 0. The maximum atomic E-state index is 13.1. The van der Waals surface area contributed by atoms with Crippen molar-refractivity contribution in [1.29, 1.82) is 0 Å². The van der Waals surface area contributed by atoms with Crippen LogP contribution in [0.3, 0.4) is 0 Å². The third kappa shape index (κ3) is 4.29. The van der Waals surface area contributed by atoms with Crippen molar-refractivity contribution in [3.63, 3.8) is 0 Å². The average Bonchev–Trinajstić information content (AvgIpc) is 3.39. The summed E-state index contributed by atoms with van der Waals surface area (Å²) in [4.78, 5) is 35.4. The first-order chi connectivity index (χ1) is 15.9. The second-order valence-electron chi connectivity index (χ2n) is 7.20. The molecule has 0 N–H and O–H groups in total. The molecule has 0 fully saturated rings. The quantitative estimate of drug-likeness (QED) is 0.243. The number of nitro benzene ring substituents is 1. The highest BCUT2D eigenvalue weighted by Crippen LogP contribution is 2.26. The molecular formula is C24H20N4O5. The molecule has 9 heteroatoms. The van der Waals surface area contributed by atoms with Gasteiger partial charge in [-0.15, -0.1) is 0 Å². The van der Waals surface area contributed by atoms with E-state index in [9.17, 15) is 19.7 Å². The number of aromatic nitrogens is 1. The number of nitrogens with zero attached hydrogens (tertiary/aromatic N) is 4. The van der Waals surface area contributed by atoms with Crippen LogP contribution in [0.25, 0.3) is 11.8 Å². The lowest BCUT2D eigenvalue weighted by Gasteiger charge is -2.12. The predicted molar refractivity (Wildman–Crippen MR) is 123 cm³/mol. The van der Waals surface area contributed by atoms with Gasteiger partial charge in [-0.25, -0.2) is 4.79 Å². The van der Waals surface area contributed by atoms with Crippen molar-refractivity contribution >= 4 is 35.0 Å². The van der Waals surface area contributed by atoms with Crippen LogP contribution < -0.4 is 5.01 Å². The summed E-state index contributed by atoms with van der Waals surface area (Å²) in [6.07, 6.45) is 3.54. The predicted octanol–water partition coefficient (Wildman–Crippen LogP) is 4.37. The van der Waals surface area contributed by atoms with Gasteiger partial charge in [0.2, 0.25) is 0 Å².